The van der Waals surface area contributed by atoms with E-state index < -0.39 is 5.60 Å². The highest BCUT2D eigenvalue weighted by molar-refractivity contribution is 6.07. The molecule has 0 unspecified atom stereocenters. The van der Waals surface area contributed by atoms with Crippen molar-refractivity contribution in [3.05, 3.63) is 59.9 Å². The molecule has 24 heavy (non-hydrogen) atoms. The Morgan fingerprint density at radius 2 is 2.04 bits per heavy atom. The molecule has 0 aliphatic carbocycles. The lowest BCUT2D eigenvalue weighted by Gasteiger charge is -2.20. The van der Waals surface area contributed by atoms with Gasteiger partial charge in [-0.1, -0.05) is 17.3 Å². The summed E-state index contributed by atoms with van der Waals surface area (Å²) >= 11 is 0. The van der Waals surface area contributed by atoms with Crippen molar-refractivity contribution in [3.63, 3.8) is 0 Å². The highest BCUT2D eigenvalue weighted by atomic mass is 19.1. The van der Waals surface area contributed by atoms with Crippen molar-refractivity contribution in [1.29, 1.82) is 0 Å². The molecule has 1 aliphatic rings. The summed E-state index contributed by atoms with van der Waals surface area (Å²) in [6.07, 6.45) is 0.262. The molecule has 1 amide bonds. The van der Waals surface area contributed by atoms with E-state index in [0.29, 0.717) is 22.7 Å². The zero-order valence-electron chi connectivity index (χ0n) is 13.4. The van der Waals surface area contributed by atoms with Gasteiger partial charge in [0.1, 0.15) is 11.6 Å². The Balaban J connectivity index is 1.69. The maximum Gasteiger partial charge on any atom is 0.271 e. The maximum absolute atomic E-state index is 13.3. The molecule has 0 bridgehead atoms. The molecule has 1 atom stereocenters. The van der Waals surface area contributed by atoms with Crippen molar-refractivity contribution in [3.8, 4) is 5.75 Å². The first-order valence-corrected chi connectivity index (χ1v) is 7.47. The molecule has 6 heteroatoms. The number of nitrogens with zero attached hydrogens (tertiary/aromatic N) is 1. The number of nitrogens with one attached hydrogen (secondary N) is 1. The van der Waals surface area contributed by atoms with E-state index in [1.54, 1.807) is 50.4 Å². The van der Waals surface area contributed by atoms with Gasteiger partial charge in [0, 0.05) is 17.7 Å². The van der Waals surface area contributed by atoms with Crippen LogP contribution >= 0.6 is 0 Å². The molecule has 2 aromatic rings. The van der Waals surface area contributed by atoms with Gasteiger partial charge in [-0.25, -0.2) is 4.39 Å². The first-order valence-electron chi connectivity index (χ1n) is 7.47. The summed E-state index contributed by atoms with van der Waals surface area (Å²) in [5.41, 5.74) is 0.643. The summed E-state index contributed by atoms with van der Waals surface area (Å²) in [4.78, 5) is 17.9. The second-order valence-electron chi connectivity index (χ2n) is 5.73. The number of halogens is 1. The van der Waals surface area contributed by atoms with Gasteiger partial charge in [0.25, 0.3) is 5.91 Å². The highest BCUT2D eigenvalue weighted by Gasteiger charge is 2.42. The zero-order chi connectivity index (χ0) is 17.2. The number of carbonyl (C=O) groups excluding carboxylic acids is 1. The number of hydrogen-bond acceptors (Lipinski definition) is 4. The number of carbonyl (C=O) groups is 1. The molecule has 1 N–H and O–H groups in total. The first-order chi connectivity index (χ1) is 11.5. The topological polar surface area (TPSA) is 59.9 Å². The van der Waals surface area contributed by atoms with Crippen molar-refractivity contribution >= 4 is 17.3 Å². The van der Waals surface area contributed by atoms with Gasteiger partial charge in [-0.2, -0.15) is 0 Å². The lowest BCUT2D eigenvalue weighted by atomic mass is 9.95. The number of oxime groups is 1. The molecule has 0 aromatic heterocycles. The third kappa shape index (κ3) is 3.22. The van der Waals surface area contributed by atoms with Gasteiger partial charge in [-0.3, -0.25) is 4.79 Å². The van der Waals surface area contributed by atoms with Gasteiger partial charge >= 0.3 is 0 Å². The van der Waals surface area contributed by atoms with Crippen LogP contribution in [0, 0.1) is 5.82 Å². The minimum Gasteiger partial charge on any atom is -0.497 e. The summed E-state index contributed by atoms with van der Waals surface area (Å²) in [6.45, 7) is 1.65. The number of methoxy groups -OCH3 is 1. The number of amides is 1. The number of anilines is 1. The van der Waals surface area contributed by atoms with Gasteiger partial charge in [0.2, 0.25) is 5.60 Å². The summed E-state index contributed by atoms with van der Waals surface area (Å²) in [6, 6.07) is 13.0. The van der Waals surface area contributed by atoms with Crippen molar-refractivity contribution < 1.29 is 18.8 Å². The van der Waals surface area contributed by atoms with E-state index in [-0.39, 0.29) is 18.1 Å². The molecular weight excluding hydrogens is 311 g/mol. The molecule has 0 spiro atoms. The normalized spacial score (nSPS) is 19.4. The van der Waals surface area contributed by atoms with E-state index in [4.69, 9.17) is 9.57 Å². The maximum atomic E-state index is 13.3. The Hall–Kier alpha value is -2.89. The third-order valence-electron chi connectivity index (χ3n) is 3.85. The van der Waals surface area contributed by atoms with Crippen molar-refractivity contribution in [1.82, 2.24) is 0 Å². The van der Waals surface area contributed by atoms with Crippen LogP contribution in [0.25, 0.3) is 0 Å². The standard InChI is InChI=1S/C18H17FN2O3/c1-18(17(22)20-14-6-8-15(23-2)9-7-14)11-16(21-24-18)12-4-3-5-13(19)10-12/h3-10H,11H2,1-2H3,(H,20,22)/t18-/m1/s1. The van der Waals surface area contributed by atoms with Gasteiger partial charge in [0.15, 0.2) is 0 Å². The minimum absolute atomic E-state index is 0.262. The SMILES string of the molecule is COc1ccc(NC(=O)[C@@]2(C)CC(c3cccc(F)c3)=NO2)cc1. The van der Waals surface area contributed by atoms with Crippen LogP contribution in [-0.2, 0) is 9.63 Å². The average molecular weight is 328 g/mol. The Bertz CT molecular complexity index is 789. The third-order valence-corrected chi connectivity index (χ3v) is 3.85. The fourth-order valence-corrected chi connectivity index (χ4v) is 2.42. The lowest BCUT2D eigenvalue weighted by Crippen LogP contribution is -2.40. The van der Waals surface area contributed by atoms with E-state index in [1.165, 1.54) is 12.1 Å². The number of rotatable bonds is 4. The van der Waals surface area contributed by atoms with E-state index in [9.17, 15) is 9.18 Å². The van der Waals surface area contributed by atoms with Crippen LogP contribution in [-0.4, -0.2) is 24.3 Å². The van der Waals surface area contributed by atoms with Gasteiger partial charge in [-0.05, 0) is 43.3 Å². The molecule has 1 heterocycles. The number of hydrogen-bond donors (Lipinski definition) is 1. The van der Waals surface area contributed by atoms with Gasteiger partial charge in [-0.15, -0.1) is 0 Å². The van der Waals surface area contributed by atoms with Gasteiger partial charge < -0.3 is 14.9 Å². The molecule has 0 saturated carbocycles. The van der Waals surface area contributed by atoms with Crippen LogP contribution in [0.4, 0.5) is 10.1 Å². The molecule has 0 saturated heterocycles. The molecule has 5 nitrogen and oxygen atoms in total. The number of ether oxygens (including phenoxy) is 1. The number of benzene rings is 2. The average Bonchev–Trinajstić information content (AvgIpc) is 2.99. The first kappa shape index (κ1) is 16.0. The smallest absolute Gasteiger partial charge is 0.271 e. The van der Waals surface area contributed by atoms with Crippen molar-refractivity contribution in [2.24, 2.45) is 5.16 Å². The summed E-state index contributed by atoms with van der Waals surface area (Å²) in [7, 11) is 1.58. The highest BCUT2D eigenvalue weighted by Crippen LogP contribution is 2.28. The molecule has 2 aromatic carbocycles. The second kappa shape index (κ2) is 6.31. The molecule has 3 rings (SSSR count). The molecule has 0 fully saturated rings. The van der Waals surface area contributed by atoms with Crippen molar-refractivity contribution in [2.75, 3.05) is 12.4 Å². The van der Waals surface area contributed by atoms with Crippen LogP contribution < -0.4 is 10.1 Å². The summed E-state index contributed by atoms with van der Waals surface area (Å²) in [5, 5.41) is 6.75. The van der Waals surface area contributed by atoms with Crippen molar-refractivity contribution in [2.45, 2.75) is 18.9 Å². The van der Waals surface area contributed by atoms with E-state index in [0.717, 1.165) is 0 Å². The molecule has 0 radical (unpaired) electrons. The summed E-state index contributed by atoms with van der Waals surface area (Å²) in [5.74, 6) is 0.0300. The van der Waals surface area contributed by atoms with E-state index in [2.05, 4.69) is 10.5 Å². The van der Waals surface area contributed by atoms with Crippen LogP contribution in [0.1, 0.15) is 18.9 Å². The Labute approximate surface area is 139 Å². The largest absolute Gasteiger partial charge is 0.497 e. The lowest BCUT2D eigenvalue weighted by molar-refractivity contribution is -0.135. The molecule has 1 aliphatic heterocycles. The quantitative estimate of drug-likeness (QED) is 0.936. The van der Waals surface area contributed by atoms with Crippen LogP contribution in [0.15, 0.2) is 53.7 Å². The van der Waals surface area contributed by atoms with E-state index in [1.807, 2.05) is 0 Å². The van der Waals surface area contributed by atoms with Crippen LogP contribution in [0.3, 0.4) is 0 Å². The monoisotopic (exact) mass is 328 g/mol. The van der Waals surface area contributed by atoms with E-state index >= 15 is 0 Å². The fraction of sp³-hybridized carbons (Fsp3) is 0.222. The predicted molar refractivity (Wildman–Crippen MR) is 88.7 cm³/mol. The summed E-state index contributed by atoms with van der Waals surface area (Å²) < 4.78 is 18.4. The molecular formula is C18H17FN2O3. The van der Waals surface area contributed by atoms with Crippen LogP contribution in [0.2, 0.25) is 0 Å². The zero-order valence-corrected chi connectivity index (χ0v) is 13.4. The predicted octanol–water partition coefficient (Wildman–Crippen LogP) is 3.36. The second-order valence-corrected chi connectivity index (χ2v) is 5.73. The Morgan fingerprint density at radius 3 is 2.71 bits per heavy atom. The fourth-order valence-electron chi connectivity index (χ4n) is 2.42. The minimum atomic E-state index is -1.14. The van der Waals surface area contributed by atoms with Crippen LogP contribution in [0.5, 0.6) is 5.75 Å². The Kier molecular flexibility index (Phi) is 4.20. The van der Waals surface area contributed by atoms with Gasteiger partial charge in [0.05, 0.1) is 12.8 Å². The molecule has 124 valence electrons. The Morgan fingerprint density at radius 1 is 1.29 bits per heavy atom.